The molecule has 0 saturated heterocycles. The number of nitrogens with zero attached hydrogens (tertiary/aromatic N) is 2. The van der Waals surface area contributed by atoms with Crippen LogP contribution in [0.4, 0.5) is 0 Å². The highest BCUT2D eigenvalue weighted by Gasteiger charge is 2.17. The molecule has 0 aliphatic heterocycles. The lowest BCUT2D eigenvalue weighted by molar-refractivity contribution is -0.119. The lowest BCUT2D eigenvalue weighted by Crippen LogP contribution is -2.37. The number of carbonyl (C=O) groups excluding carboxylic acids is 1. The Bertz CT molecular complexity index is 850. The van der Waals surface area contributed by atoms with E-state index in [0.29, 0.717) is 28.8 Å². The summed E-state index contributed by atoms with van der Waals surface area (Å²) in [6.45, 7) is 6.36. The molecule has 1 atom stereocenters. The predicted octanol–water partition coefficient (Wildman–Crippen LogP) is 2.77. The number of methoxy groups -OCH3 is 1. The number of ether oxygens (including phenoxy) is 1. The summed E-state index contributed by atoms with van der Waals surface area (Å²) >= 11 is 1.26. The van der Waals surface area contributed by atoms with Crippen LogP contribution in [0.5, 0.6) is 0 Å². The molecule has 0 aliphatic carbocycles. The molecule has 1 N–H and O–H groups in total. The normalized spacial score (nSPS) is 12.2. The van der Waals surface area contributed by atoms with Gasteiger partial charge in [0.05, 0.1) is 18.1 Å². The largest absolute Gasteiger partial charge is 0.378 e. The second-order valence-electron chi connectivity index (χ2n) is 7.17. The Hall–Kier alpha value is -2.12. The minimum absolute atomic E-state index is 0.0675. The van der Waals surface area contributed by atoms with Crippen molar-refractivity contribution in [2.45, 2.75) is 45.0 Å². The molecule has 1 aromatic heterocycles. The summed E-state index contributed by atoms with van der Waals surface area (Å²) in [5.74, 6) is 0.506. The smallest absolute Gasteiger partial charge is 0.257 e. The SMILES string of the molecule is COCc1nc(SCC(=O)N[C@H](C)C(C)C)n(C)c(=O)c1Cc1ccccc1. The minimum Gasteiger partial charge on any atom is -0.378 e. The van der Waals surface area contributed by atoms with Gasteiger partial charge in [0, 0.05) is 32.2 Å². The van der Waals surface area contributed by atoms with E-state index in [0.717, 1.165) is 5.56 Å². The van der Waals surface area contributed by atoms with Crippen LogP contribution in [0.1, 0.15) is 37.6 Å². The van der Waals surface area contributed by atoms with Gasteiger partial charge in [0.2, 0.25) is 5.91 Å². The Labute approximate surface area is 170 Å². The molecule has 0 radical (unpaired) electrons. The molecule has 6 nitrogen and oxygen atoms in total. The number of nitrogens with one attached hydrogen (secondary N) is 1. The summed E-state index contributed by atoms with van der Waals surface area (Å²) in [7, 11) is 3.27. The summed E-state index contributed by atoms with van der Waals surface area (Å²) in [5, 5.41) is 3.48. The Morgan fingerprint density at radius 2 is 1.93 bits per heavy atom. The van der Waals surface area contributed by atoms with Crippen molar-refractivity contribution in [2.24, 2.45) is 13.0 Å². The number of aromatic nitrogens is 2. The van der Waals surface area contributed by atoms with Gasteiger partial charge in [-0.15, -0.1) is 0 Å². The molecule has 0 fully saturated rings. The summed E-state index contributed by atoms with van der Waals surface area (Å²) in [4.78, 5) is 29.8. The molecule has 1 aromatic carbocycles. The highest BCUT2D eigenvalue weighted by Crippen LogP contribution is 2.18. The van der Waals surface area contributed by atoms with Gasteiger partial charge in [-0.25, -0.2) is 4.98 Å². The average Bonchev–Trinajstić information content (AvgIpc) is 2.67. The van der Waals surface area contributed by atoms with E-state index in [1.54, 1.807) is 14.2 Å². The first-order valence-corrected chi connectivity index (χ1v) is 10.4. The maximum atomic E-state index is 13.0. The van der Waals surface area contributed by atoms with E-state index in [9.17, 15) is 9.59 Å². The van der Waals surface area contributed by atoms with Crippen molar-refractivity contribution in [1.82, 2.24) is 14.9 Å². The lowest BCUT2D eigenvalue weighted by Gasteiger charge is -2.17. The van der Waals surface area contributed by atoms with Crippen LogP contribution in [-0.4, -0.2) is 34.4 Å². The van der Waals surface area contributed by atoms with Crippen molar-refractivity contribution in [1.29, 1.82) is 0 Å². The summed E-state index contributed by atoms with van der Waals surface area (Å²) in [6, 6.07) is 9.91. The van der Waals surface area contributed by atoms with Crippen LogP contribution < -0.4 is 10.9 Å². The van der Waals surface area contributed by atoms with Crippen molar-refractivity contribution in [3.8, 4) is 0 Å². The molecule has 28 heavy (non-hydrogen) atoms. The molecule has 1 heterocycles. The van der Waals surface area contributed by atoms with Gasteiger partial charge < -0.3 is 10.1 Å². The molecule has 152 valence electrons. The van der Waals surface area contributed by atoms with Crippen molar-refractivity contribution >= 4 is 17.7 Å². The van der Waals surface area contributed by atoms with E-state index >= 15 is 0 Å². The van der Waals surface area contributed by atoms with Gasteiger partial charge in [-0.1, -0.05) is 55.9 Å². The Kier molecular flexibility index (Phi) is 8.26. The van der Waals surface area contributed by atoms with Gasteiger partial charge in [0.1, 0.15) is 0 Å². The van der Waals surface area contributed by atoms with Crippen molar-refractivity contribution in [2.75, 3.05) is 12.9 Å². The third kappa shape index (κ3) is 5.94. The maximum absolute atomic E-state index is 13.0. The number of amides is 1. The van der Waals surface area contributed by atoms with Crippen molar-refractivity contribution in [3.63, 3.8) is 0 Å². The van der Waals surface area contributed by atoms with E-state index < -0.39 is 0 Å². The summed E-state index contributed by atoms with van der Waals surface area (Å²) < 4.78 is 6.78. The van der Waals surface area contributed by atoms with Crippen molar-refractivity contribution < 1.29 is 9.53 Å². The number of hydrogen-bond acceptors (Lipinski definition) is 5. The first-order chi connectivity index (χ1) is 13.3. The van der Waals surface area contributed by atoms with Crippen LogP contribution in [0.25, 0.3) is 0 Å². The third-order valence-corrected chi connectivity index (χ3v) is 5.68. The van der Waals surface area contributed by atoms with Crippen LogP contribution in [0.3, 0.4) is 0 Å². The number of rotatable bonds is 9. The van der Waals surface area contributed by atoms with Crippen molar-refractivity contribution in [3.05, 3.63) is 57.5 Å². The van der Waals surface area contributed by atoms with E-state index in [1.807, 2.05) is 37.3 Å². The zero-order chi connectivity index (χ0) is 20.7. The zero-order valence-electron chi connectivity index (χ0n) is 17.2. The Balaban J connectivity index is 2.22. The van der Waals surface area contributed by atoms with Gasteiger partial charge >= 0.3 is 0 Å². The zero-order valence-corrected chi connectivity index (χ0v) is 18.0. The van der Waals surface area contributed by atoms with Crippen LogP contribution in [0.15, 0.2) is 40.3 Å². The molecule has 1 amide bonds. The first-order valence-electron chi connectivity index (χ1n) is 9.37. The number of thioether (sulfide) groups is 1. The standard InChI is InChI=1S/C21H29N3O3S/c1-14(2)15(3)22-19(25)13-28-21-23-18(12-27-5)17(20(26)24(21)4)11-16-9-7-6-8-10-16/h6-10,14-15H,11-13H2,1-5H3,(H,22,25)/t15-/m1/s1. The molecule has 0 unspecified atom stereocenters. The Morgan fingerprint density at radius 3 is 2.54 bits per heavy atom. The molecule has 7 heteroatoms. The lowest BCUT2D eigenvalue weighted by atomic mass is 10.0. The van der Waals surface area contributed by atoms with Crippen LogP contribution in [0, 0.1) is 5.92 Å². The second-order valence-corrected chi connectivity index (χ2v) is 8.11. The third-order valence-electron chi connectivity index (χ3n) is 4.65. The minimum atomic E-state index is -0.107. The van der Waals surface area contributed by atoms with Crippen LogP contribution in [-0.2, 0) is 29.6 Å². The second kappa shape index (κ2) is 10.4. The highest BCUT2D eigenvalue weighted by atomic mass is 32.2. The van der Waals surface area contributed by atoms with E-state index in [-0.39, 0.29) is 29.9 Å². The fourth-order valence-corrected chi connectivity index (χ4v) is 3.42. The van der Waals surface area contributed by atoms with Crippen LogP contribution in [0.2, 0.25) is 0 Å². The van der Waals surface area contributed by atoms with E-state index in [1.165, 1.54) is 16.3 Å². The van der Waals surface area contributed by atoms with E-state index in [2.05, 4.69) is 24.1 Å². The van der Waals surface area contributed by atoms with E-state index in [4.69, 9.17) is 4.74 Å². The fourth-order valence-electron chi connectivity index (χ4n) is 2.63. The summed E-state index contributed by atoms with van der Waals surface area (Å²) in [5.41, 5.74) is 2.18. The quantitative estimate of drug-likeness (QED) is 0.515. The predicted molar refractivity (Wildman–Crippen MR) is 113 cm³/mol. The van der Waals surface area contributed by atoms with Gasteiger partial charge in [-0.2, -0.15) is 0 Å². The fraction of sp³-hybridized carbons (Fsp3) is 0.476. The Morgan fingerprint density at radius 1 is 1.25 bits per heavy atom. The molecular formula is C21H29N3O3S. The van der Waals surface area contributed by atoms with Gasteiger partial charge in [-0.3, -0.25) is 14.2 Å². The summed E-state index contributed by atoms with van der Waals surface area (Å²) in [6.07, 6.45) is 0.497. The molecule has 2 aromatic rings. The van der Waals surface area contributed by atoms with Gasteiger partial charge in [0.15, 0.2) is 5.16 Å². The molecule has 0 spiro atoms. The van der Waals surface area contributed by atoms with Gasteiger partial charge in [-0.05, 0) is 18.4 Å². The number of benzene rings is 1. The van der Waals surface area contributed by atoms with Gasteiger partial charge in [0.25, 0.3) is 5.56 Å². The molecule has 0 saturated carbocycles. The number of hydrogen-bond donors (Lipinski definition) is 1. The molecular weight excluding hydrogens is 374 g/mol. The number of carbonyl (C=O) groups is 1. The maximum Gasteiger partial charge on any atom is 0.257 e. The monoisotopic (exact) mass is 403 g/mol. The first kappa shape index (κ1) is 22.2. The average molecular weight is 404 g/mol. The topological polar surface area (TPSA) is 73.2 Å². The van der Waals surface area contributed by atoms with Crippen LogP contribution >= 0.6 is 11.8 Å². The highest BCUT2D eigenvalue weighted by molar-refractivity contribution is 7.99. The molecule has 0 aliphatic rings. The molecule has 0 bridgehead atoms. The molecule has 2 rings (SSSR count).